The number of halogens is 1. The molecule has 0 unspecified atom stereocenters. The SMILES string of the molecule is C=[C-]/C=C(/C)O.C=[C-]/C=C(\C)O.C=[C-]CC(C)=O.C[C-]=CC(C)=O.C[C-]=CC(C)=O.I.[Y].[Y].[Y].[Y].[Y]. The van der Waals surface area contributed by atoms with E-state index < -0.39 is 0 Å². The van der Waals surface area contributed by atoms with Crippen molar-refractivity contribution in [2.24, 2.45) is 0 Å². The molecular formula is C25H36IO5Y5-5. The zero-order chi connectivity index (χ0) is 25.0. The minimum absolute atomic E-state index is 0. The number of rotatable bonds is 6. The Kier molecular flexibility index (Phi) is 132. The summed E-state index contributed by atoms with van der Waals surface area (Å²) in [6.45, 7) is 20.8. The third-order valence-corrected chi connectivity index (χ3v) is 1.69. The van der Waals surface area contributed by atoms with E-state index in [0.29, 0.717) is 6.42 Å². The summed E-state index contributed by atoms with van der Waals surface area (Å²) in [6, 6.07) is 0. The molecule has 0 aromatic rings. The van der Waals surface area contributed by atoms with Crippen molar-refractivity contribution < 1.29 is 188 Å². The van der Waals surface area contributed by atoms with Crippen LogP contribution in [-0.4, -0.2) is 27.6 Å². The van der Waals surface area contributed by atoms with Gasteiger partial charge in [-0.05, 0) is 18.5 Å². The van der Waals surface area contributed by atoms with Crippen LogP contribution in [0, 0.1) is 30.4 Å². The van der Waals surface area contributed by atoms with Gasteiger partial charge >= 0.3 is 0 Å². The van der Waals surface area contributed by atoms with Gasteiger partial charge in [0.2, 0.25) is 0 Å². The second kappa shape index (κ2) is 66.4. The number of ketones is 3. The Balaban J connectivity index is -0.0000000231. The Labute approximate surface area is 363 Å². The molecule has 0 spiro atoms. The van der Waals surface area contributed by atoms with Gasteiger partial charge in [-0.2, -0.15) is 37.5 Å². The summed E-state index contributed by atoms with van der Waals surface area (Å²) in [5, 5.41) is 16.6. The van der Waals surface area contributed by atoms with E-state index in [2.05, 4.69) is 50.1 Å². The van der Waals surface area contributed by atoms with E-state index >= 15 is 0 Å². The molecule has 36 heavy (non-hydrogen) atoms. The molecule has 193 valence electrons. The van der Waals surface area contributed by atoms with Gasteiger partial charge in [0.05, 0.1) is 0 Å². The van der Waals surface area contributed by atoms with E-state index in [4.69, 9.17) is 10.2 Å². The maximum absolute atomic E-state index is 9.94. The van der Waals surface area contributed by atoms with Crippen molar-refractivity contribution in [3.8, 4) is 0 Å². The second-order valence-electron chi connectivity index (χ2n) is 5.20. The van der Waals surface area contributed by atoms with Crippen molar-refractivity contribution in [1.29, 1.82) is 0 Å². The van der Waals surface area contributed by atoms with Crippen LogP contribution in [0.25, 0.3) is 0 Å². The number of carbonyl (C=O) groups is 3. The van der Waals surface area contributed by atoms with E-state index in [-0.39, 0.29) is 216 Å². The summed E-state index contributed by atoms with van der Waals surface area (Å²) in [7, 11) is 0. The maximum atomic E-state index is 9.94. The second-order valence-corrected chi connectivity index (χ2v) is 5.20. The van der Waals surface area contributed by atoms with Crippen LogP contribution in [0.4, 0.5) is 0 Å². The summed E-state index contributed by atoms with van der Waals surface area (Å²) in [6.07, 6.45) is 18.4. The molecular weight excluding hydrogens is 952 g/mol. The molecule has 0 aliphatic carbocycles. The number of hydrogen-bond acceptors (Lipinski definition) is 5. The summed E-state index contributed by atoms with van der Waals surface area (Å²) >= 11 is 0. The quantitative estimate of drug-likeness (QED) is 0.107. The van der Waals surface area contributed by atoms with Crippen LogP contribution in [0.5, 0.6) is 0 Å². The van der Waals surface area contributed by atoms with Crippen LogP contribution in [-0.2, 0) is 178 Å². The predicted molar refractivity (Wildman–Crippen MR) is 138 cm³/mol. The minimum atomic E-state index is 0. The molecule has 0 heterocycles. The van der Waals surface area contributed by atoms with Crippen LogP contribution < -0.4 is 0 Å². The smallest absolute Gasteiger partial charge is 0.101 e. The van der Waals surface area contributed by atoms with Crippen molar-refractivity contribution in [2.45, 2.75) is 54.9 Å². The van der Waals surface area contributed by atoms with E-state index in [1.54, 1.807) is 27.7 Å². The summed E-state index contributed by atoms with van der Waals surface area (Å²) in [4.78, 5) is 29.8. The Morgan fingerprint density at radius 2 is 0.917 bits per heavy atom. The number of carbonyl (C=O) groups excluding carboxylic acids is 3. The molecule has 0 aromatic carbocycles. The molecule has 0 fully saturated rings. The standard InChI is InChI=1S/5C5H7O.HI.5Y/c5*1-3-4-5(2)6;;;;;;/h2*4H,1-2H3;1,4H2,2H3;2*4,6H,1H2,2H3;1H;;;;;/q5*-1;;;;;;/b;;;5-4+;5-4-;;;;;;. The van der Waals surface area contributed by atoms with Gasteiger partial charge in [0.1, 0.15) is 5.78 Å². The first kappa shape index (κ1) is 71.9. The first-order valence-corrected chi connectivity index (χ1v) is 8.64. The molecule has 5 radical (unpaired) electrons. The van der Waals surface area contributed by atoms with Gasteiger partial charge in [0, 0.05) is 164 Å². The molecule has 0 aliphatic heterocycles. The fourth-order valence-electron chi connectivity index (χ4n) is 0.878. The van der Waals surface area contributed by atoms with Crippen molar-refractivity contribution in [3.63, 3.8) is 0 Å². The monoisotopic (exact) mass is 988 g/mol. The molecule has 0 atom stereocenters. The average molecular weight is 988 g/mol. The number of hydrogen-bond donors (Lipinski definition) is 2. The molecule has 11 heteroatoms. The number of aliphatic hydroxyl groups excluding tert-OH is 2. The Morgan fingerprint density at radius 3 is 0.917 bits per heavy atom. The van der Waals surface area contributed by atoms with Crippen LogP contribution in [0.2, 0.25) is 0 Å². The van der Waals surface area contributed by atoms with Crippen molar-refractivity contribution in [2.75, 3.05) is 0 Å². The van der Waals surface area contributed by atoms with Gasteiger partial charge in [-0.15, -0.1) is 44.2 Å². The largest absolute Gasteiger partial charge is 0.597 e. The zero-order valence-corrected chi connectivity index (χ0v) is 39.1. The van der Waals surface area contributed by atoms with Crippen molar-refractivity contribution >= 4 is 41.3 Å². The third kappa shape index (κ3) is 148. The number of allylic oxidation sites excluding steroid dienone is 11. The molecule has 0 aromatic heterocycles. The van der Waals surface area contributed by atoms with Crippen LogP contribution in [0.1, 0.15) is 54.9 Å². The predicted octanol–water partition coefficient (Wildman–Crippen LogP) is 6.34. The molecule has 0 bridgehead atoms. The molecule has 0 saturated carbocycles. The van der Waals surface area contributed by atoms with Gasteiger partial charge in [0.25, 0.3) is 0 Å². The molecule has 0 saturated heterocycles. The van der Waals surface area contributed by atoms with Gasteiger partial charge < -0.3 is 30.7 Å². The fourth-order valence-corrected chi connectivity index (χ4v) is 0.878. The summed E-state index contributed by atoms with van der Waals surface area (Å²) in [5.74, 6) is 0.704. The topological polar surface area (TPSA) is 91.7 Å². The zero-order valence-electron chi connectivity index (χ0n) is 22.6. The first-order chi connectivity index (χ1) is 13.9. The molecule has 0 amide bonds. The molecule has 5 nitrogen and oxygen atoms in total. The van der Waals surface area contributed by atoms with Crippen molar-refractivity contribution in [1.82, 2.24) is 0 Å². The van der Waals surface area contributed by atoms with Gasteiger partial charge in [-0.3, -0.25) is 30.9 Å². The van der Waals surface area contributed by atoms with E-state index in [9.17, 15) is 14.4 Å². The van der Waals surface area contributed by atoms with Gasteiger partial charge in [0.15, 0.2) is 0 Å². The normalized spacial score (nSPS) is 8.19. The van der Waals surface area contributed by atoms with E-state index in [0.717, 1.165) is 0 Å². The van der Waals surface area contributed by atoms with Crippen LogP contribution >= 0.6 is 24.0 Å². The van der Waals surface area contributed by atoms with E-state index in [1.165, 1.54) is 45.1 Å². The summed E-state index contributed by atoms with van der Waals surface area (Å²) < 4.78 is 0. The van der Waals surface area contributed by atoms with Crippen LogP contribution in [0.15, 0.2) is 55.6 Å². The average Bonchev–Trinajstić information content (AvgIpc) is 2.56. The van der Waals surface area contributed by atoms with E-state index in [1.807, 2.05) is 0 Å². The Morgan fingerprint density at radius 1 is 0.667 bits per heavy atom. The maximum Gasteiger partial charge on any atom is 0.101 e. The van der Waals surface area contributed by atoms with Gasteiger partial charge in [-0.1, -0.05) is 39.2 Å². The number of aliphatic hydroxyl groups is 2. The molecule has 2 N–H and O–H groups in total. The van der Waals surface area contributed by atoms with Crippen molar-refractivity contribution in [3.05, 3.63) is 85.9 Å². The summed E-state index contributed by atoms with van der Waals surface area (Å²) in [5.41, 5.74) is 0. The van der Waals surface area contributed by atoms with Crippen LogP contribution in [0.3, 0.4) is 0 Å². The Bertz CT molecular complexity index is 578. The minimum Gasteiger partial charge on any atom is -0.597 e. The number of Topliss-reactive ketones (excluding diaryl/α,β-unsaturated/α-hetero) is 1. The Hall–Kier alpha value is 3.04. The molecule has 0 rings (SSSR count). The third-order valence-electron chi connectivity index (χ3n) is 1.69. The first-order valence-electron chi connectivity index (χ1n) is 8.64. The fraction of sp³-hybridized carbons (Fsp3) is 0.320. The molecule has 0 aliphatic rings. The van der Waals surface area contributed by atoms with Gasteiger partial charge in [-0.25, -0.2) is 0 Å².